The molecule has 2 aromatic heterocycles. The van der Waals surface area contributed by atoms with Crippen molar-refractivity contribution in [2.24, 2.45) is 0 Å². The van der Waals surface area contributed by atoms with E-state index in [-0.39, 0.29) is 11.9 Å². The monoisotopic (exact) mass is 368 g/mol. The molecule has 1 aliphatic heterocycles. The van der Waals surface area contributed by atoms with Crippen molar-refractivity contribution in [1.29, 1.82) is 0 Å². The number of nitrogens with zero attached hydrogens (tertiary/aromatic N) is 3. The topological polar surface area (TPSA) is 71.3 Å². The maximum absolute atomic E-state index is 12.4. The van der Waals surface area contributed by atoms with Crippen LogP contribution in [0.4, 0.5) is 5.13 Å². The van der Waals surface area contributed by atoms with Crippen LogP contribution in [0.2, 0.25) is 0 Å². The molecule has 0 radical (unpaired) electrons. The molecule has 3 aromatic rings. The molecule has 7 heteroatoms. The van der Waals surface area contributed by atoms with E-state index in [1.807, 2.05) is 36.6 Å². The van der Waals surface area contributed by atoms with Crippen LogP contribution in [-0.4, -0.2) is 27.5 Å². The van der Waals surface area contributed by atoms with Crippen molar-refractivity contribution in [3.63, 3.8) is 0 Å². The number of likely N-dealkylation sites (tertiary alicyclic amines) is 1. The third-order valence-electron chi connectivity index (χ3n) is 4.58. The zero-order valence-corrected chi connectivity index (χ0v) is 15.3. The fraction of sp³-hybridized carbons (Fsp3) is 0.316. The van der Waals surface area contributed by atoms with Crippen LogP contribution in [0.15, 0.2) is 46.4 Å². The lowest BCUT2D eigenvalue weighted by molar-refractivity contribution is 0.102. The quantitative estimate of drug-likeness (QED) is 0.736. The number of nitrogens with one attached hydrogen (secondary N) is 1. The molecule has 3 heterocycles. The Kier molecular flexibility index (Phi) is 4.81. The molecule has 4 rings (SSSR count). The van der Waals surface area contributed by atoms with E-state index in [4.69, 9.17) is 4.52 Å². The molecule has 6 nitrogen and oxygen atoms in total. The number of carbonyl (C=O) groups is 1. The summed E-state index contributed by atoms with van der Waals surface area (Å²) in [5, 5.41) is 9.47. The van der Waals surface area contributed by atoms with Crippen LogP contribution in [0, 0.1) is 6.92 Å². The number of thiazole rings is 1. The van der Waals surface area contributed by atoms with Crippen molar-refractivity contribution in [2.45, 2.75) is 32.4 Å². The van der Waals surface area contributed by atoms with Gasteiger partial charge in [0.2, 0.25) is 0 Å². The van der Waals surface area contributed by atoms with Gasteiger partial charge in [0.25, 0.3) is 5.91 Å². The Morgan fingerprint density at radius 3 is 3.12 bits per heavy atom. The van der Waals surface area contributed by atoms with Gasteiger partial charge in [0.1, 0.15) is 11.5 Å². The lowest BCUT2D eigenvalue weighted by atomic mass is 10.1. The van der Waals surface area contributed by atoms with E-state index in [0.29, 0.717) is 10.7 Å². The van der Waals surface area contributed by atoms with E-state index >= 15 is 0 Å². The van der Waals surface area contributed by atoms with Crippen molar-refractivity contribution < 1.29 is 9.32 Å². The molecule has 1 aliphatic rings. The lowest BCUT2D eigenvalue weighted by Gasteiger charge is -2.22. The van der Waals surface area contributed by atoms with Crippen molar-refractivity contribution in [3.8, 4) is 0 Å². The molecule has 0 bridgehead atoms. The van der Waals surface area contributed by atoms with Crippen LogP contribution in [0.3, 0.4) is 0 Å². The molecule has 1 saturated heterocycles. The van der Waals surface area contributed by atoms with Crippen LogP contribution >= 0.6 is 11.3 Å². The summed E-state index contributed by atoms with van der Waals surface area (Å²) in [5.41, 5.74) is 2.76. The van der Waals surface area contributed by atoms with Crippen LogP contribution in [0.25, 0.3) is 0 Å². The molecule has 26 heavy (non-hydrogen) atoms. The number of aryl methyl sites for hydroxylation is 1. The van der Waals surface area contributed by atoms with Gasteiger partial charge in [-0.2, -0.15) is 0 Å². The van der Waals surface area contributed by atoms with E-state index in [1.165, 1.54) is 11.3 Å². The second-order valence-electron chi connectivity index (χ2n) is 6.48. The Hall–Kier alpha value is -2.51. The molecule has 1 fully saturated rings. The first kappa shape index (κ1) is 16.9. The second-order valence-corrected chi connectivity index (χ2v) is 7.38. The fourth-order valence-corrected chi connectivity index (χ4v) is 3.92. The van der Waals surface area contributed by atoms with Crippen molar-refractivity contribution in [3.05, 3.63) is 64.5 Å². The largest absolute Gasteiger partial charge is 0.361 e. The molecular formula is C19H20N4O2S. The van der Waals surface area contributed by atoms with Crippen molar-refractivity contribution >= 4 is 22.4 Å². The molecule has 0 aliphatic carbocycles. The predicted octanol–water partition coefficient (Wildman–Crippen LogP) is 4.03. The summed E-state index contributed by atoms with van der Waals surface area (Å²) in [6.07, 6.45) is 3.90. The normalized spacial score (nSPS) is 17.5. The zero-order chi connectivity index (χ0) is 17.9. The third kappa shape index (κ3) is 3.68. The Morgan fingerprint density at radius 1 is 1.42 bits per heavy atom. The van der Waals surface area contributed by atoms with Crippen LogP contribution in [-0.2, 0) is 6.54 Å². The van der Waals surface area contributed by atoms with Crippen LogP contribution in [0.1, 0.15) is 46.3 Å². The third-order valence-corrected chi connectivity index (χ3v) is 5.27. The number of amides is 1. The van der Waals surface area contributed by atoms with Crippen LogP contribution < -0.4 is 5.32 Å². The number of aromatic nitrogens is 2. The lowest BCUT2D eigenvalue weighted by Crippen LogP contribution is -2.23. The summed E-state index contributed by atoms with van der Waals surface area (Å²) in [6, 6.07) is 10.1. The summed E-state index contributed by atoms with van der Waals surface area (Å²) in [6.45, 7) is 3.72. The SMILES string of the molecule is Cc1cc([C@H]2CCCN2Cc2cccc(C(=O)Nc3nccs3)c2)no1. The van der Waals surface area contributed by atoms with Crippen LogP contribution in [0.5, 0.6) is 0 Å². The molecule has 1 atom stereocenters. The Balaban J connectivity index is 1.47. The maximum atomic E-state index is 12.4. The molecule has 1 aromatic carbocycles. The highest BCUT2D eigenvalue weighted by molar-refractivity contribution is 7.13. The van der Waals surface area contributed by atoms with Gasteiger partial charge in [0.05, 0.1) is 6.04 Å². The van der Waals surface area contributed by atoms with Gasteiger partial charge in [-0.15, -0.1) is 11.3 Å². The first-order valence-electron chi connectivity index (χ1n) is 8.66. The van der Waals surface area contributed by atoms with Crippen molar-refractivity contribution in [1.82, 2.24) is 15.0 Å². The first-order chi connectivity index (χ1) is 12.7. The smallest absolute Gasteiger partial charge is 0.257 e. The first-order valence-corrected chi connectivity index (χ1v) is 9.54. The maximum Gasteiger partial charge on any atom is 0.257 e. The summed E-state index contributed by atoms with van der Waals surface area (Å²) < 4.78 is 5.24. The number of carbonyl (C=O) groups excluding carboxylic acids is 1. The molecule has 1 N–H and O–H groups in total. The summed E-state index contributed by atoms with van der Waals surface area (Å²) in [4.78, 5) is 18.9. The minimum atomic E-state index is -0.133. The number of benzene rings is 1. The average molecular weight is 368 g/mol. The van der Waals surface area contributed by atoms with Gasteiger partial charge in [0, 0.05) is 29.8 Å². The Labute approximate surface area is 155 Å². The van der Waals surface area contributed by atoms with Gasteiger partial charge < -0.3 is 4.52 Å². The highest BCUT2D eigenvalue weighted by Gasteiger charge is 2.28. The van der Waals surface area contributed by atoms with Gasteiger partial charge in [0.15, 0.2) is 5.13 Å². The summed E-state index contributed by atoms with van der Waals surface area (Å²) >= 11 is 1.41. The highest BCUT2D eigenvalue weighted by atomic mass is 32.1. The van der Waals surface area contributed by atoms with Gasteiger partial charge in [-0.3, -0.25) is 15.0 Å². The van der Waals surface area contributed by atoms with E-state index in [9.17, 15) is 4.79 Å². The number of rotatable bonds is 5. The van der Waals surface area contributed by atoms with Crippen molar-refractivity contribution in [2.75, 3.05) is 11.9 Å². The van der Waals surface area contributed by atoms with E-state index in [2.05, 4.69) is 26.4 Å². The summed E-state index contributed by atoms with van der Waals surface area (Å²) in [5.74, 6) is 0.708. The highest BCUT2D eigenvalue weighted by Crippen LogP contribution is 2.32. The minimum Gasteiger partial charge on any atom is -0.361 e. The number of hydrogen-bond acceptors (Lipinski definition) is 6. The van der Waals surface area contributed by atoms with Gasteiger partial charge in [-0.25, -0.2) is 4.98 Å². The average Bonchev–Trinajstić information content (AvgIpc) is 3.37. The second kappa shape index (κ2) is 7.39. The van der Waals surface area contributed by atoms with E-state index < -0.39 is 0 Å². The molecule has 0 unspecified atom stereocenters. The van der Waals surface area contributed by atoms with Gasteiger partial charge >= 0.3 is 0 Å². The molecule has 134 valence electrons. The van der Waals surface area contributed by atoms with E-state index in [1.54, 1.807) is 6.20 Å². The molecule has 1 amide bonds. The summed E-state index contributed by atoms with van der Waals surface area (Å²) in [7, 11) is 0. The van der Waals surface area contributed by atoms with Gasteiger partial charge in [-0.05, 0) is 44.0 Å². The minimum absolute atomic E-state index is 0.133. The predicted molar refractivity (Wildman–Crippen MR) is 100 cm³/mol. The number of hydrogen-bond donors (Lipinski definition) is 1. The fourth-order valence-electron chi connectivity index (χ4n) is 3.39. The van der Waals surface area contributed by atoms with E-state index in [0.717, 1.165) is 42.9 Å². The number of anilines is 1. The standard InChI is InChI=1S/C19H20N4O2S/c1-13-10-16(22-25-13)17-6-3-8-23(17)12-14-4-2-5-15(11-14)18(24)21-19-20-7-9-26-19/h2,4-5,7,9-11,17H,3,6,8,12H2,1H3,(H,20,21,24)/t17-/m1/s1. The molecular weight excluding hydrogens is 348 g/mol. The molecule has 0 spiro atoms. The Bertz CT molecular complexity index is 891. The van der Waals surface area contributed by atoms with Gasteiger partial charge in [-0.1, -0.05) is 17.3 Å². The zero-order valence-electron chi connectivity index (χ0n) is 14.5. The Morgan fingerprint density at radius 2 is 2.35 bits per heavy atom. The molecule has 0 saturated carbocycles.